The first-order valence-corrected chi connectivity index (χ1v) is 10.9. The Morgan fingerprint density at radius 2 is 1.41 bits per heavy atom. The average Bonchev–Trinajstić information content (AvgIpc) is 2.65. The zero-order valence-corrected chi connectivity index (χ0v) is 18.1. The van der Waals surface area contributed by atoms with Crippen LogP contribution in [0.1, 0.15) is 16.7 Å². The van der Waals surface area contributed by atoms with E-state index in [1.807, 2.05) is 0 Å². The topological polar surface area (TPSA) is 94.8 Å². The van der Waals surface area contributed by atoms with Gasteiger partial charge in [-0.1, -0.05) is 76.7 Å². The smallest absolute Gasteiger partial charge is 0.283 e. The predicted octanol–water partition coefficient (Wildman–Crippen LogP) is 5.89. The number of hydrogen-bond acceptors (Lipinski definition) is 4. The largest absolute Gasteiger partial charge is 0.508 e. The molecule has 0 aliphatic rings. The summed E-state index contributed by atoms with van der Waals surface area (Å²) in [5, 5.41) is 19.5. The lowest BCUT2D eigenvalue weighted by Gasteiger charge is -2.34. The molecular weight excluding hydrogens is 482 g/mol. The summed E-state index contributed by atoms with van der Waals surface area (Å²) < 4.78 is 34.0. The molecule has 10 heteroatoms. The van der Waals surface area contributed by atoms with Gasteiger partial charge in [-0.15, -0.1) is 0 Å². The highest BCUT2D eigenvalue weighted by Gasteiger charge is 2.53. The maximum absolute atomic E-state index is 13.0. The van der Waals surface area contributed by atoms with Crippen molar-refractivity contribution in [2.45, 2.75) is 4.75 Å². The van der Waals surface area contributed by atoms with Crippen LogP contribution >= 0.6 is 46.4 Å². The molecule has 0 aliphatic heterocycles. The van der Waals surface area contributed by atoms with Crippen molar-refractivity contribution < 1.29 is 23.2 Å². The number of aromatic hydroxyl groups is 2. The molecule has 29 heavy (non-hydrogen) atoms. The van der Waals surface area contributed by atoms with Gasteiger partial charge in [0, 0.05) is 22.2 Å². The van der Waals surface area contributed by atoms with Crippen molar-refractivity contribution in [2.24, 2.45) is 0 Å². The zero-order valence-electron chi connectivity index (χ0n) is 14.3. The lowest BCUT2D eigenvalue weighted by Crippen LogP contribution is -2.39. The fourth-order valence-corrected chi connectivity index (χ4v) is 5.73. The molecule has 3 N–H and O–H groups in total. The van der Waals surface area contributed by atoms with E-state index in [4.69, 9.17) is 46.4 Å². The number of phenolic OH excluding ortho intramolecular Hbond substituents is 2. The SMILES string of the molecule is O=S(=O)(O)C(c1ccccc1)(c1cc(Cl)ccc1O)c1c(Cl)cc(O)c(Cl)c1Cl. The highest BCUT2D eigenvalue weighted by molar-refractivity contribution is 7.87. The van der Waals surface area contributed by atoms with E-state index in [9.17, 15) is 23.2 Å². The number of halogens is 4. The van der Waals surface area contributed by atoms with Crippen molar-refractivity contribution in [1.82, 2.24) is 0 Å². The molecule has 0 bridgehead atoms. The molecule has 0 spiro atoms. The second kappa shape index (κ2) is 7.87. The minimum absolute atomic E-state index is 0.00521. The molecule has 0 amide bonds. The Bertz CT molecular complexity index is 1200. The Kier molecular flexibility index (Phi) is 5.98. The molecule has 3 aromatic rings. The number of rotatable bonds is 4. The van der Waals surface area contributed by atoms with Crippen LogP contribution in [-0.4, -0.2) is 23.2 Å². The van der Waals surface area contributed by atoms with Gasteiger partial charge in [0.25, 0.3) is 10.1 Å². The molecule has 1 atom stereocenters. The molecule has 1 unspecified atom stereocenters. The molecule has 0 saturated heterocycles. The third-order valence-corrected chi connectivity index (χ3v) is 7.22. The van der Waals surface area contributed by atoms with Crippen LogP contribution in [0.2, 0.25) is 20.1 Å². The molecule has 0 heterocycles. The van der Waals surface area contributed by atoms with Crippen LogP contribution in [-0.2, 0) is 14.9 Å². The first kappa shape index (κ1) is 22.0. The van der Waals surface area contributed by atoms with Gasteiger partial charge in [0.1, 0.15) is 16.5 Å². The van der Waals surface area contributed by atoms with Crippen LogP contribution < -0.4 is 0 Å². The van der Waals surface area contributed by atoms with Gasteiger partial charge in [-0.2, -0.15) is 8.42 Å². The van der Waals surface area contributed by atoms with E-state index in [2.05, 4.69) is 0 Å². The van der Waals surface area contributed by atoms with Crippen molar-refractivity contribution in [2.75, 3.05) is 0 Å². The van der Waals surface area contributed by atoms with E-state index in [1.54, 1.807) is 6.07 Å². The average molecular weight is 494 g/mol. The maximum atomic E-state index is 13.0. The summed E-state index contributed by atoms with van der Waals surface area (Å²) in [6.07, 6.45) is 0. The zero-order chi connectivity index (χ0) is 21.6. The molecule has 0 fully saturated rings. The molecule has 3 aromatic carbocycles. The molecule has 152 valence electrons. The van der Waals surface area contributed by atoms with E-state index < -0.39 is 31.4 Å². The molecular formula is C19H12Cl4O5S. The van der Waals surface area contributed by atoms with Crippen LogP contribution in [0.15, 0.2) is 54.6 Å². The molecule has 0 aliphatic carbocycles. The van der Waals surface area contributed by atoms with E-state index in [0.29, 0.717) is 0 Å². The van der Waals surface area contributed by atoms with Gasteiger partial charge in [0.2, 0.25) is 0 Å². The molecule has 0 saturated carbocycles. The predicted molar refractivity (Wildman–Crippen MR) is 114 cm³/mol. The number of hydrogen-bond donors (Lipinski definition) is 3. The first-order chi connectivity index (χ1) is 13.5. The van der Waals surface area contributed by atoms with Crippen molar-refractivity contribution in [3.63, 3.8) is 0 Å². The maximum Gasteiger partial charge on any atom is 0.283 e. The number of benzene rings is 3. The standard InChI is InChI=1S/C19H12Cl4O5S/c20-11-6-7-14(24)12(8-11)19(29(26,27)28,10-4-2-1-3-5-10)16-13(21)9-15(25)17(22)18(16)23/h1-9,24-25H,(H,26,27,28). The summed E-state index contributed by atoms with van der Waals surface area (Å²) in [6, 6.07) is 12.2. The van der Waals surface area contributed by atoms with Gasteiger partial charge in [-0.05, 0) is 23.8 Å². The van der Waals surface area contributed by atoms with E-state index >= 15 is 0 Å². The lowest BCUT2D eigenvalue weighted by atomic mass is 9.83. The van der Waals surface area contributed by atoms with Gasteiger partial charge >= 0.3 is 0 Å². The molecule has 3 rings (SSSR count). The summed E-state index contributed by atoms with van der Waals surface area (Å²) >= 11 is 24.7. The van der Waals surface area contributed by atoms with Crippen LogP contribution in [0.3, 0.4) is 0 Å². The summed E-state index contributed by atoms with van der Waals surface area (Å²) in [5.74, 6) is -0.981. The Labute approximate surface area is 186 Å². The Balaban J connectivity index is 2.67. The van der Waals surface area contributed by atoms with Gasteiger partial charge < -0.3 is 10.2 Å². The van der Waals surface area contributed by atoms with Gasteiger partial charge in [-0.25, -0.2) is 0 Å². The molecule has 5 nitrogen and oxygen atoms in total. The van der Waals surface area contributed by atoms with Crippen molar-refractivity contribution in [3.8, 4) is 11.5 Å². The van der Waals surface area contributed by atoms with Gasteiger partial charge in [0.05, 0.1) is 10.0 Å². The Morgan fingerprint density at radius 1 is 0.793 bits per heavy atom. The fourth-order valence-electron chi connectivity index (χ4n) is 3.22. The lowest BCUT2D eigenvalue weighted by molar-refractivity contribution is 0.440. The Hall–Kier alpha value is -1.67. The third kappa shape index (κ3) is 3.54. The molecule has 0 radical (unpaired) electrons. The highest BCUT2D eigenvalue weighted by atomic mass is 35.5. The van der Waals surface area contributed by atoms with Crippen LogP contribution in [0.4, 0.5) is 0 Å². The summed E-state index contributed by atoms with van der Waals surface area (Å²) in [5.41, 5.74) is -0.648. The second-order valence-electron chi connectivity index (χ2n) is 6.06. The highest BCUT2D eigenvalue weighted by Crippen LogP contribution is 2.54. The van der Waals surface area contributed by atoms with Crippen molar-refractivity contribution in [1.29, 1.82) is 0 Å². The third-order valence-electron chi connectivity index (χ3n) is 4.40. The second-order valence-corrected chi connectivity index (χ2v) is 9.23. The minimum Gasteiger partial charge on any atom is -0.508 e. The summed E-state index contributed by atoms with van der Waals surface area (Å²) in [4.78, 5) is 0. The van der Waals surface area contributed by atoms with Gasteiger partial charge in [-0.3, -0.25) is 4.55 Å². The van der Waals surface area contributed by atoms with Crippen molar-refractivity contribution in [3.05, 3.63) is 91.4 Å². The normalized spacial score (nSPS) is 13.8. The summed E-state index contributed by atoms with van der Waals surface area (Å²) in [6.45, 7) is 0. The first-order valence-electron chi connectivity index (χ1n) is 7.90. The molecule has 0 aromatic heterocycles. The quantitative estimate of drug-likeness (QED) is 0.239. The van der Waals surface area contributed by atoms with Crippen molar-refractivity contribution >= 4 is 56.5 Å². The van der Waals surface area contributed by atoms with E-state index in [0.717, 1.165) is 6.07 Å². The fraction of sp³-hybridized carbons (Fsp3) is 0.0526. The monoisotopic (exact) mass is 492 g/mol. The van der Waals surface area contributed by atoms with Crippen LogP contribution in [0.5, 0.6) is 11.5 Å². The van der Waals surface area contributed by atoms with E-state index in [1.165, 1.54) is 42.5 Å². The van der Waals surface area contributed by atoms with E-state index in [-0.39, 0.29) is 31.8 Å². The Morgan fingerprint density at radius 3 is 2.00 bits per heavy atom. The minimum atomic E-state index is -5.13. The number of phenols is 2. The van der Waals surface area contributed by atoms with Crippen LogP contribution in [0, 0.1) is 0 Å². The summed E-state index contributed by atoms with van der Waals surface area (Å²) in [7, 11) is -5.13. The van der Waals surface area contributed by atoms with Crippen LogP contribution in [0.25, 0.3) is 0 Å². The van der Waals surface area contributed by atoms with Gasteiger partial charge in [0.15, 0.2) is 4.75 Å².